The molecule has 0 radical (unpaired) electrons. The third kappa shape index (κ3) is 9.92. The van der Waals surface area contributed by atoms with Crippen molar-refractivity contribution in [2.45, 2.75) is 67.2 Å². The van der Waals surface area contributed by atoms with Crippen LogP contribution < -0.4 is 9.47 Å². The van der Waals surface area contributed by atoms with Crippen LogP contribution in [0, 0.1) is 23.5 Å². The summed E-state index contributed by atoms with van der Waals surface area (Å²) in [5.41, 5.74) is -0.218. The van der Waals surface area contributed by atoms with E-state index in [1.807, 2.05) is 53.7 Å². The summed E-state index contributed by atoms with van der Waals surface area (Å²) >= 11 is 0. The number of carbonyl (C=O) groups excluding carboxylic acids is 1. The first-order chi connectivity index (χ1) is 18.6. The number of pyridine rings is 2. The minimum atomic E-state index is -0.337. The Morgan fingerprint density at radius 2 is 1.35 bits per heavy atom. The van der Waals surface area contributed by atoms with E-state index in [4.69, 9.17) is 16.0 Å². The number of nitrogens with zero attached hydrogens (tertiary/aromatic N) is 3. The number of aromatic nitrogens is 2. The molecule has 216 valence electrons. The van der Waals surface area contributed by atoms with E-state index in [0.29, 0.717) is 28.9 Å². The van der Waals surface area contributed by atoms with Gasteiger partial charge in [0.1, 0.15) is 5.76 Å². The van der Waals surface area contributed by atoms with Crippen LogP contribution in [-0.4, -0.2) is 20.9 Å². The number of benzene rings is 1. The van der Waals surface area contributed by atoms with E-state index in [1.165, 1.54) is 6.08 Å². The molecule has 0 unspecified atom stereocenters. The predicted molar refractivity (Wildman–Crippen MR) is 153 cm³/mol. The van der Waals surface area contributed by atoms with Crippen LogP contribution in [-0.2, 0) is 25.9 Å². The summed E-state index contributed by atoms with van der Waals surface area (Å²) in [7, 11) is 0. The Kier molecular flexibility index (Phi) is 14.3. The number of hydrogen-bond acceptors (Lipinski definition) is 6. The Morgan fingerprint density at radius 3 is 1.70 bits per heavy atom. The van der Waals surface area contributed by atoms with E-state index in [1.54, 1.807) is 48.8 Å². The van der Waals surface area contributed by atoms with Gasteiger partial charge in [-0.3, -0.25) is 9.64 Å². The molecule has 0 spiro atoms. The van der Waals surface area contributed by atoms with Gasteiger partial charge in [0.15, 0.2) is 5.78 Å². The Balaban J connectivity index is 0.000000406. The van der Waals surface area contributed by atoms with Crippen molar-refractivity contribution in [1.82, 2.24) is 9.97 Å². The average Bonchev–Trinajstić information content (AvgIpc) is 2.97. The van der Waals surface area contributed by atoms with E-state index in [0.717, 1.165) is 25.7 Å². The third-order valence-electron chi connectivity index (χ3n) is 7.24. The maximum absolute atomic E-state index is 12.2. The van der Waals surface area contributed by atoms with Crippen LogP contribution in [0.4, 0.5) is 5.69 Å². The van der Waals surface area contributed by atoms with Gasteiger partial charge in [-0.2, -0.15) is 0 Å². The molecule has 8 heteroatoms. The second-order valence-corrected chi connectivity index (χ2v) is 9.65. The molecule has 0 bridgehead atoms. The van der Waals surface area contributed by atoms with Crippen LogP contribution in [0.2, 0.25) is 0 Å². The molecular weight excluding hydrogens is 685 g/mol. The summed E-state index contributed by atoms with van der Waals surface area (Å²) in [5.74, 6) is 1.85. The van der Waals surface area contributed by atoms with Crippen molar-refractivity contribution in [3.8, 4) is 23.3 Å². The maximum Gasteiger partial charge on any atom is 0.216 e. The molecule has 0 amide bonds. The zero-order chi connectivity index (χ0) is 28.9. The third-order valence-corrected chi connectivity index (χ3v) is 7.24. The van der Waals surface area contributed by atoms with Crippen molar-refractivity contribution in [2.75, 3.05) is 0 Å². The van der Waals surface area contributed by atoms with Gasteiger partial charge in [-0.25, -0.2) is 9.97 Å². The second-order valence-electron chi connectivity index (χ2n) is 9.65. The largest absolute Gasteiger partial charge is 0.512 e. The number of aliphatic hydroxyl groups excluding tert-OH is 1. The molecule has 2 heterocycles. The Labute approximate surface area is 252 Å². The van der Waals surface area contributed by atoms with Crippen molar-refractivity contribution in [3.05, 3.63) is 90.2 Å². The van der Waals surface area contributed by atoms with E-state index in [2.05, 4.69) is 20.9 Å². The first kappa shape index (κ1) is 34.5. The molecule has 3 rings (SSSR count). The Bertz CT molecular complexity index is 1210. The van der Waals surface area contributed by atoms with Gasteiger partial charge in [0.2, 0.25) is 11.8 Å². The van der Waals surface area contributed by atoms with Crippen LogP contribution in [0.25, 0.3) is 4.85 Å². The average molecular weight is 724 g/mol. The van der Waals surface area contributed by atoms with Crippen molar-refractivity contribution < 1.29 is 40.4 Å². The molecule has 0 saturated heterocycles. The number of allylic oxidation sites excluding steroid dienone is 2. The number of ketones is 1. The minimum absolute atomic E-state index is 0. The Hall–Kier alpha value is -3.49. The zero-order valence-corrected chi connectivity index (χ0v) is 26.3. The molecule has 1 aromatic carbocycles. The smallest absolute Gasteiger partial charge is 0.216 e. The summed E-state index contributed by atoms with van der Waals surface area (Å²) in [6, 6.07) is 16.8. The molecule has 2 aromatic heterocycles. The SMILES string of the molecule is CCC(C)(CC)C(=O)/C=C(\O)C(C)(CC)CC.[C-]#[N+]c1cc(Oc2ccccn2)[c-]c(Oc2ccccn2)c1.[Pt]. The van der Waals surface area contributed by atoms with Gasteiger partial charge in [0.25, 0.3) is 0 Å². The predicted octanol–water partition coefficient (Wildman–Crippen LogP) is 9.06. The number of aliphatic hydroxyl groups is 1. The molecule has 3 aromatic rings. The van der Waals surface area contributed by atoms with Gasteiger partial charge < -0.3 is 14.6 Å². The summed E-state index contributed by atoms with van der Waals surface area (Å²) < 4.78 is 11.2. The first-order valence-electron chi connectivity index (χ1n) is 13.2. The molecular formula is C32H38N3O4Pt-. The van der Waals surface area contributed by atoms with Crippen LogP contribution in [0.3, 0.4) is 0 Å². The number of rotatable bonds is 11. The molecule has 0 atom stereocenters. The molecule has 40 heavy (non-hydrogen) atoms. The molecule has 0 saturated carbocycles. The quantitative estimate of drug-likeness (QED) is 0.121. The molecule has 1 N–H and O–H groups in total. The normalized spacial score (nSPS) is 11.3. The fourth-order valence-electron chi connectivity index (χ4n) is 3.40. The summed E-state index contributed by atoms with van der Waals surface area (Å²) in [5, 5.41) is 10.1. The van der Waals surface area contributed by atoms with Crippen molar-refractivity contribution in [3.63, 3.8) is 0 Å². The maximum atomic E-state index is 12.2. The van der Waals surface area contributed by atoms with Crippen molar-refractivity contribution >= 4 is 11.5 Å². The second kappa shape index (κ2) is 16.6. The fourth-order valence-corrected chi connectivity index (χ4v) is 3.40. The van der Waals surface area contributed by atoms with E-state index in [9.17, 15) is 9.90 Å². The van der Waals surface area contributed by atoms with Crippen LogP contribution in [0.5, 0.6) is 23.3 Å². The molecule has 0 aliphatic heterocycles. The number of hydrogen-bond donors (Lipinski definition) is 1. The summed E-state index contributed by atoms with van der Waals surface area (Å²) in [4.78, 5) is 23.7. The fraction of sp³-hybridized carbons (Fsp3) is 0.375. The topological polar surface area (TPSA) is 85.9 Å². The van der Waals surface area contributed by atoms with Crippen LogP contribution in [0.15, 0.2) is 72.8 Å². The summed E-state index contributed by atoms with van der Waals surface area (Å²) in [6.07, 6.45) is 8.00. The number of ether oxygens (including phenoxy) is 2. The molecule has 0 aliphatic carbocycles. The van der Waals surface area contributed by atoms with E-state index in [-0.39, 0.29) is 43.4 Å². The first-order valence-corrected chi connectivity index (χ1v) is 13.2. The van der Waals surface area contributed by atoms with Crippen LogP contribution in [0.1, 0.15) is 67.2 Å². The number of carbonyl (C=O) groups is 1. The molecule has 0 fully saturated rings. The van der Waals surface area contributed by atoms with Crippen molar-refractivity contribution in [1.29, 1.82) is 0 Å². The van der Waals surface area contributed by atoms with Gasteiger partial charge in [-0.15, -0.1) is 12.1 Å². The van der Waals surface area contributed by atoms with Crippen LogP contribution >= 0.6 is 0 Å². The standard InChI is InChI=1S/C17H10N3O2.C15H28O2.Pt/c1-18-13-10-14(21-16-6-2-4-8-19-16)12-15(11-13)22-17-7-3-5-9-20-17;1-7-14(5,8-2)12(16)11-13(17)15(6,9-3)10-4;/h2-11H;11,16H,7-10H2,1-6H3;/q-1;;/b;12-11-;. The van der Waals surface area contributed by atoms with Gasteiger partial charge in [-0.05, 0) is 37.8 Å². The zero-order valence-electron chi connectivity index (χ0n) is 24.0. The van der Waals surface area contributed by atoms with Gasteiger partial charge in [-0.1, -0.05) is 59.7 Å². The van der Waals surface area contributed by atoms with Gasteiger partial charge in [0.05, 0.1) is 12.3 Å². The van der Waals surface area contributed by atoms with Gasteiger partial charge in [0, 0.05) is 74.0 Å². The van der Waals surface area contributed by atoms with E-state index < -0.39 is 0 Å². The molecule has 0 aliphatic rings. The van der Waals surface area contributed by atoms with Gasteiger partial charge >= 0.3 is 0 Å². The molecule has 7 nitrogen and oxygen atoms in total. The van der Waals surface area contributed by atoms with E-state index >= 15 is 0 Å². The minimum Gasteiger partial charge on any atom is -0.512 e. The summed E-state index contributed by atoms with van der Waals surface area (Å²) in [6.45, 7) is 19.2. The monoisotopic (exact) mass is 723 g/mol. The Morgan fingerprint density at radius 1 is 0.900 bits per heavy atom. The van der Waals surface area contributed by atoms with Crippen molar-refractivity contribution in [2.24, 2.45) is 10.8 Å².